The molecule has 1 aromatic rings. The van der Waals surface area contributed by atoms with E-state index in [1.54, 1.807) is 0 Å². The van der Waals surface area contributed by atoms with E-state index >= 15 is 0 Å². The van der Waals surface area contributed by atoms with Crippen molar-refractivity contribution < 1.29 is 0 Å². The molecule has 0 bridgehead atoms. The van der Waals surface area contributed by atoms with E-state index in [1.165, 1.54) is 17.9 Å². The van der Waals surface area contributed by atoms with Crippen molar-refractivity contribution in [1.82, 2.24) is 15.2 Å². The Morgan fingerprint density at radius 3 is 3.17 bits per heavy atom. The van der Waals surface area contributed by atoms with Gasteiger partial charge in [-0.15, -0.1) is 0 Å². The van der Waals surface area contributed by atoms with Crippen LogP contribution in [0.15, 0.2) is 24.5 Å². The highest BCUT2D eigenvalue weighted by molar-refractivity contribution is 8.00. The minimum Gasteiger partial charge on any atom is -0.311 e. The van der Waals surface area contributed by atoms with Crippen molar-refractivity contribution in [2.45, 2.75) is 31.7 Å². The van der Waals surface area contributed by atoms with Gasteiger partial charge in [-0.25, -0.2) is 0 Å². The fourth-order valence-corrected chi connectivity index (χ4v) is 3.43. The summed E-state index contributed by atoms with van der Waals surface area (Å²) in [4.78, 5) is 6.72. The van der Waals surface area contributed by atoms with E-state index in [0.29, 0.717) is 6.04 Å². The quantitative estimate of drug-likeness (QED) is 0.824. The topological polar surface area (TPSA) is 28.2 Å². The summed E-state index contributed by atoms with van der Waals surface area (Å²) in [7, 11) is 0. The van der Waals surface area contributed by atoms with Crippen LogP contribution in [-0.4, -0.2) is 46.6 Å². The number of hydrogen-bond acceptors (Lipinski definition) is 4. The molecule has 3 nitrogen and oxygen atoms in total. The second-order valence-electron chi connectivity index (χ2n) is 4.89. The van der Waals surface area contributed by atoms with E-state index in [1.807, 2.05) is 18.5 Å². The van der Waals surface area contributed by atoms with Crippen LogP contribution < -0.4 is 5.32 Å². The van der Waals surface area contributed by atoms with Gasteiger partial charge in [-0.1, -0.05) is 13.0 Å². The van der Waals surface area contributed by atoms with Crippen molar-refractivity contribution >= 4 is 11.8 Å². The SMILES string of the molecule is CC1SCCN(CCNCc2cccnc2)C1C. The molecule has 0 aromatic carbocycles. The minimum absolute atomic E-state index is 0.698. The van der Waals surface area contributed by atoms with Crippen LogP contribution in [0.5, 0.6) is 0 Å². The lowest BCUT2D eigenvalue weighted by Crippen LogP contribution is -2.47. The zero-order valence-corrected chi connectivity index (χ0v) is 12.1. The van der Waals surface area contributed by atoms with Crippen molar-refractivity contribution in [3.63, 3.8) is 0 Å². The first-order valence-electron chi connectivity index (χ1n) is 6.72. The number of nitrogens with zero attached hydrogens (tertiary/aromatic N) is 2. The predicted octanol–water partition coefficient (Wildman–Crippen LogP) is 2.00. The van der Waals surface area contributed by atoms with Crippen LogP contribution in [-0.2, 0) is 6.54 Å². The van der Waals surface area contributed by atoms with E-state index < -0.39 is 0 Å². The van der Waals surface area contributed by atoms with Gasteiger partial charge in [-0.2, -0.15) is 11.8 Å². The Morgan fingerprint density at radius 2 is 2.39 bits per heavy atom. The first-order valence-corrected chi connectivity index (χ1v) is 7.77. The van der Waals surface area contributed by atoms with Gasteiger partial charge in [0.05, 0.1) is 0 Å². The van der Waals surface area contributed by atoms with E-state index in [0.717, 1.165) is 24.9 Å². The summed E-state index contributed by atoms with van der Waals surface area (Å²) in [6.07, 6.45) is 3.74. The van der Waals surface area contributed by atoms with Gasteiger partial charge in [0.1, 0.15) is 0 Å². The number of pyridine rings is 1. The Morgan fingerprint density at radius 1 is 1.50 bits per heavy atom. The number of aromatic nitrogens is 1. The molecule has 0 spiro atoms. The van der Waals surface area contributed by atoms with Crippen LogP contribution in [0.1, 0.15) is 19.4 Å². The molecule has 0 aliphatic carbocycles. The first kappa shape index (κ1) is 13.8. The minimum atomic E-state index is 0.698. The standard InChI is InChI=1S/C14H23N3S/c1-12-13(2)18-9-8-17(12)7-6-16-11-14-4-3-5-15-10-14/h3-5,10,12-13,16H,6-9,11H2,1-2H3. The highest BCUT2D eigenvalue weighted by atomic mass is 32.2. The number of nitrogens with one attached hydrogen (secondary N) is 1. The predicted molar refractivity (Wildman–Crippen MR) is 78.9 cm³/mol. The average Bonchev–Trinajstić information content (AvgIpc) is 2.40. The molecule has 2 heterocycles. The number of hydrogen-bond donors (Lipinski definition) is 1. The van der Waals surface area contributed by atoms with Crippen molar-refractivity contribution in [3.05, 3.63) is 30.1 Å². The second-order valence-corrected chi connectivity index (χ2v) is 6.38. The van der Waals surface area contributed by atoms with E-state index in [-0.39, 0.29) is 0 Å². The normalized spacial score (nSPS) is 25.2. The van der Waals surface area contributed by atoms with Gasteiger partial charge in [0.25, 0.3) is 0 Å². The van der Waals surface area contributed by atoms with Crippen LogP contribution in [0.3, 0.4) is 0 Å². The Kier molecular flexibility index (Phi) is 5.47. The summed E-state index contributed by atoms with van der Waals surface area (Å²) in [5, 5.41) is 4.26. The first-order chi connectivity index (χ1) is 8.77. The summed E-state index contributed by atoms with van der Waals surface area (Å²) in [6.45, 7) is 9.02. The summed E-state index contributed by atoms with van der Waals surface area (Å²) < 4.78 is 0. The highest BCUT2D eigenvalue weighted by Crippen LogP contribution is 2.23. The second kappa shape index (κ2) is 7.12. The molecule has 1 N–H and O–H groups in total. The summed E-state index contributed by atoms with van der Waals surface area (Å²) >= 11 is 2.10. The third-order valence-corrected chi connectivity index (χ3v) is 4.98. The van der Waals surface area contributed by atoms with Crippen LogP contribution >= 0.6 is 11.8 Å². The van der Waals surface area contributed by atoms with Gasteiger partial charge < -0.3 is 5.32 Å². The van der Waals surface area contributed by atoms with Crippen LogP contribution in [0.4, 0.5) is 0 Å². The van der Waals surface area contributed by atoms with Crippen LogP contribution in [0, 0.1) is 0 Å². The third-order valence-electron chi connectivity index (χ3n) is 3.64. The van der Waals surface area contributed by atoms with Crippen molar-refractivity contribution in [2.75, 3.05) is 25.4 Å². The number of rotatable bonds is 5. The van der Waals surface area contributed by atoms with Crippen LogP contribution in [0.2, 0.25) is 0 Å². The van der Waals surface area contributed by atoms with E-state index in [2.05, 4.69) is 46.9 Å². The molecule has 0 saturated carbocycles. The van der Waals surface area contributed by atoms with Gasteiger partial charge >= 0.3 is 0 Å². The Balaban J connectivity index is 1.66. The molecule has 18 heavy (non-hydrogen) atoms. The van der Waals surface area contributed by atoms with Crippen molar-refractivity contribution in [1.29, 1.82) is 0 Å². The zero-order chi connectivity index (χ0) is 12.8. The number of thioether (sulfide) groups is 1. The van der Waals surface area contributed by atoms with Gasteiger partial charge in [-0.05, 0) is 18.6 Å². The molecular formula is C14H23N3S. The van der Waals surface area contributed by atoms with Gasteiger partial charge in [0.15, 0.2) is 0 Å². The van der Waals surface area contributed by atoms with Gasteiger partial charge in [0, 0.05) is 55.6 Å². The highest BCUT2D eigenvalue weighted by Gasteiger charge is 2.24. The molecule has 1 aliphatic rings. The van der Waals surface area contributed by atoms with Crippen molar-refractivity contribution in [3.8, 4) is 0 Å². The molecule has 0 amide bonds. The Hall–Kier alpha value is -0.580. The molecule has 4 heteroatoms. The molecule has 1 saturated heterocycles. The molecule has 1 aromatic heterocycles. The molecule has 2 unspecified atom stereocenters. The lowest BCUT2D eigenvalue weighted by Gasteiger charge is -2.37. The molecule has 0 radical (unpaired) electrons. The van der Waals surface area contributed by atoms with Gasteiger partial charge in [-0.3, -0.25) is 9.88 Å². The Labute approximate surface area is 114 Å². The fraction of sp³-hybridized carbons (Fsp3) is 0.643. The largest absolute Gasteiger partial charge is 0.311 e. The molecule has 2 rings (SSSR count). The molecular weight excluding hydrogens is 242 g/mol. The monoisotopic (exact) mass is 265 g/mol. The van der Waals surface area contributed by atoms with Gasteiger partial charge in [0.2, 0.25) is 0 Å². The summed E-state index contributed by atoms with van der Waals surface area (Å²) in [5.41, 5.74) is 1.26. The zero-order valence-electron chi connectivity index (χ0n) is 11.3. The molecule has 1 fully saturated rings. The lowest BCUT2D eigenvalue weighted by atomic mass is 10.2. The molecule has 2 atom stereocenters. The average molecular weight is 265 g/mol. The fourth-order valence-electron chi connectivity index (χ4n) is 2.27. The summed E-state index contributed by atoms with van der Waals surface area (Å²) in [6, 6.07) is 4.80. The smallest absolute Gasteiger partial charge is 0.0312 e. The maximum atomic E-state index is 4.12. The van der Waals surface area contributed by atoms with Crippen LogP contribution in [0.25, 0.3) is 0 Å². The lowest BCUT2D eigenvalue weighted by molar-refractivity contribution is 0.213. The Bertz CT molecular complexity index is 344. The van der Waals surface area contributed by atoms with E-state index in [9.17, 15) is 0 Å². The van der Waals surface area contributed by atoms with E-state index in [4.69, 9.17) is 0 Å². The third kappa shape index (κ3) is 3.97. The molecule has 100 valence electrons. The van der Waals surface area contributed by atoms with Crippen molar-refractivity contribution in [2.24, 2.45) is 0 Å². The molecule has 1 aliphatic heterocycles. The summed E-state index contributed by atoms with van der Waals surface area (Å²) in [5.74, 6) is 1.27. The maximum Gasteiger partial charge on any atom is 0.0312 e. The maximum absolute atomic E-state index is 4.12.